The number of aliphatic hydroxyl groups excluding tert-OH is 2. The fraction of sp³-hybridized carbons (Fsp3) is 0.725. The standard InChI is InChI=1S/C40H71NO3/c1-3-5-7-9-11-13-15-16-17-18-19-20-21-22-23-24-26-28-30-32-34-36-40(44)41-38(37-42)39(43)35-33-31-29-27-25-14-12-10-8-6-4-2/h5,7,11,13,16-17,19-20,22-23,38-39,42-43H,3-4,6,8-10,12,14-15,18,21,24-37H2,1-2H3,(H,41,44)/b7-5-,13-11-,17-16-,20-19-,23-22-. The van der Waals surface area contributed by atoms with Gasteiger partial charge in [0.05, 0.1) is 18.8 Å². The monoisotopic (exact) mass is 614 g/mol. The van der Waals surface area contributed by atoms with Crippen LogP contribution in [0.3, 0.4) is 0 Å². The first kappa shape index (κ1) is 42.1. The number of aliphatic hydroxyl groups is 2. The summed E-state index contributed by atoms with van der Waals surface area (Å²) < 4.78 is 0. The third kappa shape index (κ3) is 31.5. The highest BCUT2D eigenvalue weighted by molar-refractivity contribution is 5.76. The Balaban J connectivity index is 3.65. The molecule has 0 radical (unpaired) electrons. The highest BCUT2D eigenvalue weighted by Crippen LogP contribution is 2.14. The van der Waals surface area contributed by atoms with Gasteiger partial charge in [-0.25, -0.2) is 0 Å². The maximum Gasteiger partial charge on any atom is 0.220 e. The van der Waals surface area contributed by atoms with Crippen molar-refractivity contribution in [3.63, 3.8) is 0 Å². The Morgan fingerprint density at radius 1 is 0.568 bits per heavy atom. The van der Waals surface area contributed by atoms with E-state index in [0.717, 1.165) is 70.6 Å². The lowest BCUT2D eigenvalue weighted by Gasteiger charge is -2.22. The zero-order valence-electron chi connectivity index (χ0n) is 28.9. The van der Waals surface area contributed by atoms with Crippen molar-refractivity contribution in [2.24, 2.45) is 0 Å². The fourth-order valence-corrected chi connectivity index (χ4v) is 5.21. The molecule has 0 fully saturated rings. The fourth-order valence-electron chi connectivity index (χ4n) is 5.21. The van der Waals surface area contributed by atoms with Crippen LogP contribution < -0.4 is 5.32 Å². The summed E-state index contributed by atoms with van der Waals surface area (Å²) >= 11 is 0. The SMILES string of the molecule is CC/C=C\C/C=C\C/C=C\C/C=C\C/C=C\CCCCCCCC(=O)NC(CO)C(O)CCCCCCCCCCCCC. The van der Waals surface area contributed by atoms with E-state index in [1.807, 2.05) is 0 Å². The molecule has 0 rings (SSSR count). The van der Waals surface area contributed by atoms with Crippen LogP contribution in [0.5, 0.6) is 0 Å². The van der Waals surface area contributed by atoms with Crippen LogP contribution in [-0.4, -0.2) is 34.9 Å². The number of amides is 1. The summed E-state index contributed by atoms with van der Waals surface area (Å²) in [6.45, 7) is 4.21. The molecule has 0 heterocycles. The zero-order chi connectivity index (χ0) is 32.2. The summed E-state index contributed by atoms with van der Waals surface area (Å²) in [5, 5.41) is 23.0. The van der Waals surface area contributed by atoms with E-state index in [0.29, 0.717) is 12.8 Å². The largest absolute Gasteiger partial charge is 0.394 e. The van der Waals surface area contributed by atoms with Crippen LogP contribution >= 0.6 is 0 Å². The molecule has 0 saturated carbocycles. The zero-order valence-corrected chi connectivity index (χ0v) is 28.9. The molecule has 0 aliphatic heterocycles. The number of allylic oxidation sites excluding steroid dienone is 10. The minimum absolute atomic E-state index is 0.0548. The molecular weight excluding hydrogens is 542 g/mol. The average molecular weight is 614 g/mol. The Bertz CT molecular complexity index is 752. The number of carbonyl (C=O) groups is 1. The molecule has 2 atom stereocenters. The van der Waals surface area contributed by atoms with Crippen LogP contribution in [0, 0.1) is 0 Å². The second-order valence-electron chi connectivity index (χ2n) is 12.3. The van der Waals surface area contributed by atoms with Crippen molar-refractivity contribution >= 4 is 5.91 Å². The Kier molecular flexibility index (Phi) is 34.0. The summed E-state index contributed by atoms with van der Waals surface area (Å²) in [7, 11) is 0. The molecule has 0 aromatic heterocycles. The van der Waals surface area contributed by atoms with Crippen LogP contribution in [0.2, 0.25) is 0 Å². The van der Waals surface area contributed by atoms with Gasteiger partial charge in [0.2, 0.25) is 5.91 Å². The van der Waals surface area contributed by atoms with Crippen molar-refractivity contribution in [1.82, 2.24) is 5.32 Å². The molecule has 4 heteroatoms. The average Bonchev–Trinajstić information content (AvgIpc) is 3.03. The molecule has 1 amide bonds. The summed E-state index contributed by atoms with van der Waals surface area (Å²) in [4.78, 5) is 12.3. The van der Waals surface area contributed by atoms with Crippen LogP contribution in [-0.2, 0) is 4.79 Å². The number of carbonyl (C=O) groups excluding carboxylic acids is 1. The number of hydrogen-bond donors (Lipinski definition) is 3. The number of rotatable bonds is 32. The Morgan fingerprint density at radius 2 is 1.00 bits per heavy atom. The van der Waals surface area contributed by atoms with Crippen molar-refractivity contribution in [2.45, 2.75) is 180 Å². The van der Waals surface area contributed by atoms with E-state index in [2.05, 4.69) is 79.9 Å². The molecule has 3 N–H and O–H groups in total. The lowest BCUT2D eigenvalue weighted by Crippen LogP contribution is -2.45. The smallest absolute Gasteiger partial charge is 0.220 e. The van der Waals surface area contributed by atoms with E-state index in [-0.39, 0.29) is 12.5 Å². The number of unbranched alkanes of at least 4 members (excludes halogenated alkanes) is 15. The van der Waals surface area contributed by atoms with Crippen molar-refractivity contribution in [1.29, 1.82) is 0 Å². The predicted octanol–water partition coefficient (Wildman–Crippen LogP) is 11.0. The first-order valence-electron chi connectivity index (χ1n) is 18.5. The molecule has 0 bridgehead atoms. The first-order chi connectivity index (χ1) is 21.7. The molecule has 4 nitrogen and oxygen atoms in total. The lowest BCUT2D eigenvalue weighted by molar-refractivity contribution is -0.123. The molecule has 2 unspecified atom stereocenters. The Labute approximate surface area is 273 Å². The van der Waals surface area contributed by atoms with E-state index in [1.165, 1.54) is 70.6 Å². The van der Waals surface area contributed by atoms with Crippen molar-refractivity contribution in [3.05, 3.63) is 60.8 Å². The van der Waals surface area contributed by atoms with Gasteiger partial charge >= 0.3 is 0 Å². The Hall–Kier alpha value is -1.91. The maximum atomic E-state index is 12.3. The molecule has 0 aliphatic carbocycles. The summed E-state index contributed by atoms with van der Waals surface area (Å²) in [6, 6.07) is -0.547. The highest BCUT2D eigenvalue weighted by Gasteiger charge is 2.19. The quantitative estimate of drug-likeness (QED) is 0.0522. The summed E-state index contributed by atoms with van der Waals surface area (Å²) in [5.41, 5.74) is 0. The van der Waals surface area contributed by atoms with Crippen LogP contribution in [0.4, 0.5) is 0 Å². The summed E-state index contributed by atoms with van der Waals surface area (Å²) in [6.07, 6.45) is 48.4. The van der Waals surface area contributed by atoms with Crippen LogP contribution in [0.15, 0.2) is 60.8 Å². The minimum Gasteiger partial charge on any atom is -0.394 e. The molecular formula is C40H71NO3. The second-order valence-corrected chi connectivity index (χ2v) is 12.3. The normalized spacial score (nSPS) is 13.8. The topological polar surface area (TPSA) is 69.6 Å². The number of hydrogen-bond acceptors (Lipinski definition) is 3. The molecule has 0 saturated heterocycles. The second kappa shape index (κ2) is 35.6. The van der Waals surface area contributed by atoms with E-state index in [1.54, 1.807) is 0 Å². The van der Waals surface area contributed by atoms with E-state index in [9.17, 15) is 15.0 Å². The molecule has 0 aromatic rings. The van der Waals surface area contributed by atoms with Gasteiger partial charge < -0.3 is 15.5 Å². The van der Waals surface area contributed by atoms with E-state index in [4.69, 9.17) is 0 Å². The minimum atomic E-state index is -0.668. The van der Waals surface area contributed by atoms with Gasteiger partial charge in [-0.1, -0.05) is 164 Å². The number of nitrogens with one attached hydrogen (secondary N) is 1. The van der Waals surface area contributed by atoms with Crippen LogP contribution in [0.1, 0.15) is 168 Å². The van der Waals surface area contributed by atoms with Gasteiger partial charge in [-0.05, 0) is 57.8 Å². The molecule has 44 heavy (non-hydrogen) atoms. The third-order valence-corrected chi connectivity index (χ3v) is 8.04. The van der Waals surface area contributed by atoms with E-state index >= 15 is 0 Å². The molecule has 0 spiro atoms. The van der Waals surface area contributed by atoms with Gasteiger partial charge in [0, 0.05) is 6.42 Å². The van der Waals surface area contributed by atoms with Gasteiger partial charge in [0.25, 0.3) is 0 Å². The lowest BCUT2D eigenvalue weighted by atomic mass is 10.0. The predicted molar refractivity (Wildman–Crippen MR) is 193 cm³/mol. The first-order valence-corrected chi connectivity index (χ1v) is 18.5. The van der Waals surface area contributed by atoms with Gasteiger partial charge in [-0.15, -0.1) is 0 Å². The van der Waals surface area contributed by atoms with Gasteiger partial charge in [0.1, 0.15) is 0 Å². The summed E-state index contributed by atoms with van der Waals surface area (Å²) in [5.74, 6) is -0.0548. The maximum absolute atomic E-state index is 12.3. The van der Waals surface area contributed by atoms with E-state index < -0.39 is 12.1 Å². The Morgan fingerprint density at radius 3 is 1.50 bits per heavy atom. The van der Waals surface area contributed by atoms with Crippen molar-refractivity contribution < 1.29 is 15.0 Å². The van der Waals surface area contributed by atoms with Gasteiger partial charge in [-0.2, -0.15) is 0 Å². The van der Waals surface area contributed by atoms with Gasteiger partial charge in [0.15, 0.2) is 0 Å². The van der Waals surface area contributed by atoms with Crippen LogP contribution in [0.25, 0.3) is 0 Å². The molecule has 254 valence electrons. The van der Waals surface area contributed by atoms with Crippen molar-refractivity contribution in [2.75, 3.05) is 6.61 Å². The molecule has 0 aromatic carbocycles. The van der Waals surface area contributed by atoms with Crippen molar-refractivity contribution in [3.8, 4) is 0 Å². The third-order valence-electron chi connectivity index (χ3n) is 8.04. The highest BCUT2D eigenvalue weighted by atomic mass is 16.3. The molecule has 0 aliphatic rings. The van der Waals surface area contributed by atoms with Gasteiger partial charge in [-0.3, -0.25) is 4.79 Å².